The summed E-state index contributed by atoms with van der Waals surface area (Å²) in [4.78, 5) is 0. The first kappa shape index (κ1) is 10.0. The predicted octanol–water partition coefficient (Wildman–Crippen LogP) is 3.76. The molecule has 1 aromatic rings. The van der Waals surface area contributed by atoms with Crippen LogP contribution in [0, 0.1) is 5.82 Å². The Labute approximate surface area is 84.9 Å². The summed E-state index contributed by atoms with van der Waals surface area (Å²) in [5.41, 5.74) is 1.11. The number of halogens is 3. The van der Waals surface area contributed by atoms with Gasteiger partial charge in [-0.15, -0.1) is 11.6 Å². The van der Waals surface area contributed by atoms with Crippen molar-refractivity contribution in [1.82, 2.24) is 0 Å². The van der Waals surface area contributed by atoms with E-state index in [0.717, 1.165) is 18.4 Å². The van der Waals surface area contributed by atoms with Crippen LogP contribution in [0.1, 0.15) is 12.0 Å². The molecule has 0 N–H and O–H groups in total. The van der Waals surface area contributed by atoms with Crippen molar-refractivity contribution in [3.8, 4) is 0 Å². The first-order valence-corrected chi connectivity index (χ1v) is 5.06. The Hall–Kier alpha value is -0.0800. The summed E-state index contributed by atoms with van der Waals surface area (Å²) in [6, 6.07) is 5.04. The first-order valence-electron chi connectivity index (χ1n) is 3.74. The predicted molar refractivity (Wildman–Crippen MR) is 53.1 cm³/mol. The Morgan fingerprint density at radius 1 is 1.42 bits per heavy atom. The van der Waals surface area contributed by atoms with Crippen LogP contribution >= 0.6 is 27.5 Å². The molecule has 0 spiro atoms. The van der Waals surface area contributed by atoms with E-state index < -0.39 is 0 Å². The molecule has 3 heteroatoms. The fourth-order valence-corrected chi connectivity index (χ4v) is 1.53. The third-order valence-electron chi connectivity index (χ3n) is 1.58. The molecule has 66 valence electrons. The monoisotopic (exact) mass is 250 g/mol. The van der Waals surface area contributed by atoms with Crippen molar-refractivity contribution in [2.45, 2.75) is 12.8 Å². The number of hydrogen-bond donors (Lipinski definition) is 0. The number of hydrogen-bond acceptors (Lipinski definition) is 0. The second-order valence-corrected chi connectivity index (χ2v) is 3.77. The molecule has 0 atom stereocenters. The second-order valence-electron chi connectivity index (χ2n) is 2.54. The zero-order chi connectivity index (χ0) is 8.97. The number of aryl methyl sites for hydroxylation is 1. The fraction of sp³-hybridized carbons (Fsp3) is 0.333. The molecule has 0 aromatic heterocycles. The summed E-state index contributed by atoms with van der Waals surface area (Å²) >= 11 is 8.67. The van der Waals surface area contributed by atoms with Crippen molar-refractivity contribution >= 4 is 27.5 Å². The molecule has 0 bridgehead atoms. The van der Waals surface area contributed by atoms with Crippen molar-refractivity contribution in [3.63, 3.8) is 0 Å². The Morgan fingerprint density at radius 2 is 2.17 bits per heavy atom. The molecule has 0 saturated heterocycles. The van der Waals surface area contributed by atoms with E-state index >= 15 is 0 Å². The normalized spacial score (nSPS) is 10.2. The molecule has 0 heterocycles. The van der Waals surface area contributed by atoms with Crippen molar-refractivity contribution in [1.29, 1.82) is 0 Å². The van der Waals surface area contributed by atoms with Gasteiger partial charge in [-0.3, -0.25) is 0 Å². The van der Waals surface area contributed by atoms with Gasteiger partial charge in [0, 0.05) is 5.88 Å². The van der Waals surface area contributed by atoms with Crippen LogP contribution in [0.3, 0.4) is 0 Å². The van der Waals surface area contributed by atoms with Gasteiger partial charge in [0.05, 0.1) is 4.47 Å². The molecule has 0 aliphatic rings. The van der Waals surface area contributed by atoms with Crippen LogP contribution in [0.25, 0.3) is 0 Å². The van der Waals surface area contributed by atoms with Crippen LogP contribution in [0.5, 0.6) is 0 Å². The largest absolute Gasteiger partial charge is 0.206 e. The topological polar surface area (TPSA) is 0 Å². The van der Waals surface area contributed by atoms with E-state index in [1.807, 2.05) is 0 Å². The highest BCUT2D eigenvalue weighted by atomic mass is 79.9. The van der Waals surface area contributed by atoms with E-state index in [2.05, 4.69) is 15.9 Å². The molecule has 0 saturated carbocycles. The summed E-state index contributed by atoms with van der Waals surface area (Å²) in [6.45, 7) is 0. The van der Waals surface area contributed by atoms with Crippen LogP contribution in [0.15, 0.2) is 22.7 Å². The van der Waals surface area contributed by atoms with E-state index in [0.29, 0.717) is 10.4 Å². The van der Waals surface area contributed by atoms with Gasteiger partial charge in [-0.1, -0.05) is 6.07 Å². The molecule has 0 fully saturated rings. The highest BCUT2D eigenvalue weighted by Crippen LogP contribution is 2.17. The van der Waals surface area contributed by atoms with Crippen molar-refractivity contribution in [3.05, 3.63) is 34.1 Å². The maximum Gasteiger partial charge on any atom is 0.137 e. The zero-order valence-electron chi connectivity index (χ0n) is 6.49. The summed E-state index contributed by atoms with van der Waals surface area (Å²) in [7, 11) is 0. The molecule has 1 rings (SSSR count). The third-order valence-corrected chi connectivity index (χ3v) is 2.46. The minimum absolute atomic E-state index is 0.218. The molecule has 0 aliphatic carbocycles. The standard InChI is InChI=1S/C9H9BrClF/c10-8-6-7(2-1-5-11)3-4-9(8)12/h3-4,6H,1-2,5H2. The van der Waals surface area contributed by atoms with E-state index in [1.54, 1.807) is 12.1 Å². The Kier molecular flexibility index (Phi) is 4.02. The van der Waals surface area contributed by atoms with Crippen LogP contribution in [-0.4, -0.2) is 5.88 Å². The fourth-order valence-electron chi connectivity index (χ4n) is 0.966. The Balaban J connectivity index is 2.69. The van der Waals surface area contributed by atoms with Crippen LogP contribution < -0.4 is 0 Å². The van der Waals surface area contributed by atoms with Crippen molar-refractivity contribution < 1.29 is 4.39 Å². The average molecular weight is 252 g/mol. The van der Waals surface area contributed by atoms with Crippen LogP contribution in [0.2, 0.25) is 0 Å². The zero-order valence-corrected chi connectivity index (χ0v) is 8.83. The molecule has 0 amide bonds. The van der Waals surface area contributed by atoms with Gasteiger partial charge >= 0.3 is 0 Å². The van der Waals surface area contributed by atoms with E-state index in [4.69, 9.17) is 11.6 Å². The number of benzene rings is 1. The summed E-state index contributed by atoms with van der Waals surface area (Å²) in [5.74, 6) is 0.430. The summed E-state index contributed by atoms with van der Waals surface area (Å²) < 4.78 is 13.3. The maximum absolute atomic E-state index is 12.7. The van der Waals surface area contributed by atoms with Gasteiger partial charge in [-0.2, -0.15) is 0 Å². The Morgan fingerprint density at radius 3 is 2.75 bits per heavy atom. The number of alkyl halides is 1. The van der Waals surface area contributed by atoms with Gasteiger partial charge in [0.25, 0.3) is 0 Å². The Bertz CT molecular complexity index is 263. The third kappa shape index (κ3) is 2.76. The highest BCUT2D eigenvalue weighted by molar-refractivity contribution is 9.10. The maximum atomic E-state index is 12.7. The average Bonchev–Trinajstić information content (AvgIpc) is 2.07. The molecule has 0 nitrogen and oxygen atoms in total. The second kappa shape index (κ2) is 4.83. The van der Waals surface area contributed by atoms with Gasteiger partial charge in [0.1, 0.15) is 5.82 Å². The summed E-state index contributed by atoms with van der Waals surface area (Å²) in [5, 5.41) is 0. The van der Waals surface area contributed by atoms with Gasteiger partial charge in [0.2, 0.25) is 0 Å². The lowest BCUT2D eigenvalue weighted by atomic mass is 10.1. The molecular formula is C9H9BrClF. The van der Waals surface area contributed by atoms with Gasteiger partial charge in [-0.25, -0.2) is 4.39 Å². The quantitative estimate of drug-likeness (QED) is 0.718. The van der Waals surface area contributed by atoms with E-state index in [1.165, 1.54) is 6.07 Å². The smallest absolute Gasteiger partial charge is 0.137 e. The molecule has 0 radical (unpaired) electrons. The molecule has 0 unspecified atom stereocenters. The van der Waals surface area contributed by atoms with Crippen LogP contribution in [-0.2, 0) is 6.42 Å². The molecule has 12 heavy (non-hydrogen) atoms. The van der Waals surface area contributed by atoms with E-state index in [-0.39, 0.29) is 5.82 Å². The van der Waals surface area contributed by atoms with Gasteiger partial charge < -0.3 is 0 Å². The molecule has 1 aromatic carbocycles. The lowest BCUT2D eigenvalue weighted by Crippen LogP contribution is -1.87. The van der Waals surface area contributed by atoms with Gasteiger partial charge in [-0.05, 0) is 46.5 Å². The van der Waals surface area contributed by atoms with Crippen LogP contribution in [0.4, 0.5) is 4.39 Å². The lowest BCUT2D eigenvalue weighted by Gasteiger charge is -2.00. The number of rotatable bonds is 3. The van der Waals surface area contributed by atoms with Crippen molar-refractivity contribution in [2.24, 2.45) is 0 Å². The summed E-state index contributed by atoms with van der Waals surface area (Å²) in [6.07, 6.45) is 1.84. The minimum atomic E-state index is -0.218. The SMILES string of the molecule is Fc1ccc(CCCCl)cc1Br. The first-order chi connectivity index (χ1) is 5.74. The van der Waals surface area contributed by atoms with Crippen molar-refractivity contribution in [2.75, 3.05) is 5.88 Å². The minimum Gasteiger partial charge on any atom is -0.206 e. The van der Waals surface area contributed by atoms with E-state index in [9.17, 15) is 4.39 Å². The van der Waals surface area contributed by atoms with Gasteiger partial charge in [0.15, 0.2) is 0 Å². The molecule has 0 aliphatic heterocycles. The lowest BCUT2D eigenvalue weighted by molar-refractivity contribution is 0.620. The molecular weight excluding hydrogens is 242 g/mol. The highest BCUT2D eigenvalue weighted by Gasteiger charge is 1.99.